The average molecular weight is 404 g/mol. The van der Waals surface area contributed by atoms with Gasteiger partial charge >= 0.3 is 6.09 Å². The molecular formula is C23H37N3O3. The molecule has 162 valence electrons. The van der Waals surface area contributed by atoms with Crippen molar-refractivity contribution in [3.8, 4) is 5.75 Å². The Bertz CT molecular complexity index is 640. The van der Waals surface area contributed by atoms with Crippen LogP contribution in [0.25, 0.3) is 0 Å². The zero-order valence-electron chi connectivity index (χ0n) is 18.3. The molecule has 0 radical (unpaired) electrons. The molecule has 2 heterocycles. The topological polar surface area (TPSA) is 56.2 Å². The average Bonchev–Trinajstić information content (AvgIpc) is 2.68. The Balaban J connectivity index is 1.32. The van der Waals surface area contributed by atoms with Gasteiger partial charge in [0.15, 0.2) is 0 Å². The summed E-state index contributed by atoms with van der Waals surface area (Å²) in [6.45, 7) is 14.1. The van der Waals surface area contributed by atoms with Gasteiger partial charge in [0.2, 0.25) is 0 Å². The minimum absolute atomic E-state index is 0.168. The maximum absolute atomic E-state index is 12.2. The van der Waals surface area contributed by atoms with Crippen LogP contribution in [-0.4, -0.2) is 83.9 Å². The number of nitrogens with zero attached hydrogens (tertiary/aromatic N) is 3. The number of piperidine rings is 1. The summed E-state index contributed by atoms with van der Waals surface area (Å²) in [5.74, 6) is 1.01. The molecular weight excluding hydrogens is 366 g/mol. The number of aromatic hydroxyl groups is 1. The third-order valence-corrected chi connectivity index (χ3v) is 5.90. The van der Waals surface area contributed by atoms with Crippen LogP contribution in [0.4, 0.5) is 4.79 Å². The molecule has 29 heavy (non-hydrogen) atoms. The Hall–Kier alpha value is -1.79. The van der Waals surface area contributed by atoms with Crippen LogP contribution in [0.1, 0.15) is 39.2 Å². The number of amides is 1. The van der Waals surface area contributed by atoms with Gasteiger partial charge in [-0.2, -0.15) is 0 Å². The molecule has 0 atom stereocenters. The van der Waals surface area contributed by atoms with E-state index in [1.165, 1.54) is 5.56 Å². The fourth-order valence-corrected chi connectivity index (χ4v) is 4.14. The van der Waals surface area contributed by atoms with E-state index in [4.69, 9.17) is 4.74 Å². The van der Waals surface area contributed by atoms with Gasteiger partial charge < -0.3 is 24.5 Å². The predicted molar refractivity (Wildman–Crippen MR) is 115 cm³/mol. The van der Waals surface area contributed by atoms with Gasteiger partial charge in [-0.15, -0.1) is 0 Å². The lowest BCUT2D eigenvalue weighted by Gasteiger charge is -2.39. The summed E-state index contributed by atoms with van der Waals surface area (Å²) in [5.41, 5.74) is 0.859. The van der Waals surface area contributed by atoms with Crippen molar-refractivity contribution in [3.63, 3.8) is 0 Å². The van der Waals surface area contributed by atoms with E-state index in [0.717, 1.165) is 71.6 Å². The van der Waals surface area contributed by atoms with Gasteiger partial charge in [-0.25, -0.2) is 4.79 Å². The lowest BCUT2D eigenvalue weighted by molar-refractivity contribution is 0.0160. The number of likely N-dealkylation sites (tertiary alicyclic amines) is 1. The number of piperazine rings is 1. The Kier molecular flexibility index (Phi) is 7.41. The third kappa shape index (κ3) is 7.19. The molecule has 2 fully saturated rings. The highest BCUT2D eigenvalue weighted by Crippen LogP contribution is 2.21. The highest BCUT2D eigenvalue weighted by atomic mass is 16.6. The van der Waals surface area contributed by atoms with Crippen molar-refractivity contribution in [1.29, 1.82) is 0 Å². The Morgan fingerprint density at radius 2 is 1.59 bits per heavy atom. The van der Waals surface area contributed by atoms with Crippen molar-refractivity contribution >= 4 is 6.09 Å². The summed E-state index contributed by atoms with van der Waals surface area (Å²) in [4.78, 5) is 19.2. The molecule has 2 saturated heterocycles. The lowest BCUT2D eigenvalue weighted by Crippen LogP contribution is -2.49. The molecule has 0 unspecified atom stereocenters. The zero-order chi connectivity index (χ0) is 20.9. The number of hydrogen-bond donors (Lipinski definition) is 1. The number of carbonyl (C=O) groups excluding carboxylic acids is 1. The highest BCUT2D eigenvalue weighted by Gasteiger charge is 2.28. The molecule has 1 N–H and O–H groups in total. The van der Waals surface area contributed by atoms with Gasteiger partial charge in [0.05, 0.1) is 0 Å². The van der Waals surface area contributed by atoms with Gasteiger partial charge in [0.1, 0.15) is 11.4 Å². The summed E-state index contributed by atoms with van der Waals surface area (Å²) < 4.78 is 5.49. The minimum atomic E-state index is -0.421. The minimum Gasteiger partial charge on any atom is -0.508 e. The van der Waals surface area contributed by atoms with Crippen LogP contribution >= 0.6 is 0 Å². The van der Waals surface area contributed by atoms with E-state index in [0.29, 0.717) is 11.7 Å². The van der Waals surface area contributed by atoms with Crippen LogP contribution in [0.3, 0.4) is 0 Å². The van der Waals surface area contributed by atoms with Crippen molar-refractivity contribution in [2.45, 2.75) is 45.6 Å². The highest BCUT2D eigenvalue weighted by molar-refractivity contribution is 5.68. The number of rotatable bonds is 5. The van der Waals surface area contributed by atoms with E-state index in [2.05, 4.69) is 9.80 Å². The maximum atomic E-state index is 12.2. The quantitative estimate of drug-likeness (QED) is 0.818. The van der Waals surface area contributed by atoms with E-state index in [1.54, 1.807) is 12.1 Å². The summed E-state index contributed by atoms with van der Waals surface area (Å²) in [5, 5.41) is 9.38. The first-order valence-electron chi connectivity index (χ1n) is 11.0. The van der Waals surface area contributed by atoms with Crippen LogP contribution in [0.5, 0.6) is 5.75 Å². The smallest absolute Gasteiger partial charge is 0.410 e. The van der Waals surface area contributed by atoms with Crippen molar-refractivity contribution in [3.05, 3.63) is 29.8 Å². The first kappa shape index (κ1) is 21.9. The van der Waals surface area contributed by atoms with Crippen molar-refractivity contribution in [2.24, 2.45) is 5.92 Å². The summed E-state index contributed by atoms with van der Waals surface area (Å²) in [6, 6.07) is 7.55. The Morgan fingerprint density at radius 3 is 2.17 bits per heavy atom. The summed E-state index contributed by atoms with van der Waals surface area (Å²) in [6.07, 6.45) is 3.00. The lowest BCUT2D eigenvalue weighted by atomic mass is 9.96. The van der Waals surface area contributed by atoms with Gasteiger partial charge in [0, 0.05) is 52.4 Å². The van der Waals surface area contributed by atoms with Crippen molar-refractivity contribution in [1.82, 2.24) is 14.7 Å². The first-order chi connectivity index (χ1) is 13.8. The number of benzene rings is 1. The molecule has 0 saturated carbocycles. The number of ether oxygens (including phenoxy) is 1. The van der Waals surface area contributed by atoms with E-state index < -0.39 is 5.60 Å². The van der Waals surface area contributed by atoms with Gasteiger partial charge in [0.25, 0.3) is 0 Å². The molecule has 1 amide bonds. The van der Waals surface area contributed by atoms with E-state index in [1.807, 2.05) is 37.8 Å². The molecule has 1 aromatic rings. The summed E-state index contributed by atoms with van der Waals surface area (Å²) >= 11 is 0. The second-order valence-corrected chi connectivity index (χ2v) is 9.47. The zero-order valence-corrected chi connectivity index (χ0v) is 18.3. The molecule has 6 nitrogen and oxygen atoms in total. The van der Waals surface area contributed by atoms with Crippen LogP contribution in [0.15, 0.2) is 24.3 Å². The second-order valence-electron chi connectivity index (χ2n) is 9.47. The SMILES string of the molecule is CC(C)(C)OC(=O)N1CCC(CN2CCN(CCc3ccc(O)cc3)CC2)CC1. The van der Waals surface area contributed by atoms with Crippen LogP contribution in [-0.2, 0) is 11.2 Å². The summed E-state index contributed by atoms with van der Waals surface area (Å²) in [7, 11) is 0. The largest absolute Gasteiger partial charge is 0.508 e. The van der Waals surface area contributed by atoms with Crippen LogP contribution in [0.2, 0.25) is 0 Å². The van der Waals surface area contributed by atoms with Crippen LogP contribution < -0.4 is 0 Å². The van der Waals surface area contributed by atoms with Crippen LogP contribution in [0, 0.1) is 5.92 Å². The maximum Gasteiger partial charge on any atom is 0.410 e. The monoisotopic (exact) mass is 403 g/mol. The van der Waals surface area contributed by atoms with E-state index in [-0.39, 0.29) is 6.09 Å². The Morgan fingerprint density at radius 1 is 1.00 bits per heavy atom. The predicted octanol–water partition coefficient (Wildman–Crippen LogP) is 3.20. The molecule has 0 bridgehead atoms. The van der Waals surface area contributed by atoms with E-state index in [9.17, 15) is 9.90 Å². The molecule has 2 aliphatic heterocycles. The Labute approximate surface area is 175 Å². The standard InChI is InChI=1S/C23H37N3O3/c1-23(2,3)29-22(28)26-12-9-20(10-13-26)18-25-16-14-24(15-17-25)11-8-19-4-6-21(27)7-5-19/h4-7,20,27H,8-18H2,1-3H3. The number of phenolic OH excluding ortho intramolecular Hbond substituents is 1. The van der Waals surface area contributed by atoms with Gasteiger partial charge in [-0.05, 0) is 63.6 Å². The fraction of sp³-hybridized carbons (Fsp3) is 0.696. The molecule has 2 aliphatic rings. The molecule has 3 rings (SSSR count). The normalized spacial score (nSPS) is 20.0. The molecule has 0 spiro atoms. The first-order valence-corrected chi connectivity index (χ1v) is 11.0. The molecule has 0 aromatic heterocycles. The number of carbonyl (C=O) groups is 1. The van der Waals surface area contributed by atoms with Gasteiger partial charge in [-0.3, -0.25) is 0 Å². The van der Waals surface area contributed by atoms with Crippen molar-refractivity contribution in [2.75, 3.05) is 52.4 Å². The molecule has 6 heteroatoms. The number of phenols is 1. The van der Waals surface area contributed by atoms with E-state index >= 15 is 0 Å². The third-order valence-electron chi connectivity index (χ3n) is 5.90. The molecule has 0 aliphatic carbocycles. The second kappa shape index (κ2) is 9.81. The fourth-order valence-electron chi connectivity index (χ4n) is 4.14. The molecule has 1 aromatic carbocycles. The van der Waals surface area contributed by atoms with Crippen molar-refractivity contribution < 1.29 is 14.6 Å². The van der Waals surface area contributed by atoms with Gasteiger partial charge in [-0.1, -0.05) is 12.1 Å². The number of hydrogen-bond acceptors (Lipinski definition) is 5.